The Morgan fingerprint density at radius 3 is 2.44 bits per heavy atom. The zero-order valence-corrected chi connectivity index (χ0v) is 17.9. The van der Waals surface area contributed by atoms with Crippen LogP contribution in [0.25, 0.3) is 0 Å². The third kappa shape index (κ3) is 5.70. The number of carbonyl (C=O) groups excluding carboxylic acids is 1. The number of nitrogens with one attached hydrogen (secondary N) is 1. The van der Waals surface area contributed by atoms with Crippen LogP contribution in [0.5, 0.6) is 0 Å². The molecule has 7 heteroatoms. The highest BCUT2D eigenvalue weighted by atomic mass is 127. The number of rotatable bonds is 4. The Morgan fingerprint density at radius 2 is 1.88 bits per heavy atom. The molecule has 3 fully saturated rings. The van der Waals surface area contributed by atoms with E-state index >= 15 is 0 Å². The highest BCUT2D eigenvalue weighted by Gasteiger charge is 2.35. The van der Waals surface area contributed by atoms with Gasteiger partial charge in [0, 0.05) is 46.3 Å². The lowest BCUT2D eigenvalue weighted by Crippen LogP contribution is -2.43. The van der Waals surface area contributed by atoms with E-state index < -0.39 is 0 Å². The number of aliphatic imine (C=N–C) groups is 1. The first-order chi connectivity index (χ1) is 11.6. The number of fused-ring (bicyclic) bond motifs is 1. The first kappa shape index (κ1) is 20.7. The maximum Gasteiger partial charge on any atom is 0.243 e. The fourth-order valence-electron chi connectivity index (χ4n) is 4.11. The second kappa shape index (κ2) is 9.94. The van der Waals surface area contributed by atoms with Crippen LogP contribution in [0.1, 0.15) is 32.1 Å². The maximum atomic E-state index is 11.9. The molecule has 0 aromatic carbocycles. The van der Waals surface area contributed by atoms with Crippen LogP contribution >= 0.6 is 24.0 Å². The molecular formula is C18H33IN4O2. The summed E-state index contributed by atoms with van der Waals surface area (Å²) in [5.41, 5.74) is 0. The fraction of sp³-hybridized carbons (Fsp3) is 0.889. The van der Waals surface area contributed by atoms with Crippen LogP contribution in [0.4, 0.5) is 0 Å². The number of ether oxygens (including phenoxy) is 1. The number of carbonyl (C=O) groups is 1. The molecule has 2 saturated heterocycles. The third-order valence-corrected chi connectivity index (χ3v) is 5.71. The smallest absolute Gasteiger partial charge is 0.243 e. The molecule has 2 aliphatic heterocycles. The van der Waals surface area contributed by atoms with E-state index in [1.807, 2.05) is 0 Å². The number of hydrogen-bond donors (Lipinski definition) is 1. The van der Waals surface area contributed by atoms with Gasteiger partial charge in [0.25, 0.3) is 0 Å². The van der Waals surface area contributed by atoms with Gasteiger partial charge in [-0.25, -0.2) is 4.99 Å². The molecule has 3 rings (SSSR count). The Balaban J connectivity index is 0.00000225. The Labute approximate surface area is 168 Å². The van der Waals surface area contributed by atoms with Gasteiger partial charge in [0.1, 0.15) is 6.54 Å². The van der Waals surface area contributed by atoms with E-state index in [9.17, 15) is 4.79 Å². The summed E-state index contributed by atoms with van der Waals surface area (Å²) in [6.07, 6.45) is 6.55. The molecule has 3 aliphatic rings. The lowest BCUT2D eigenvalue weighted by molar-refractivity contribution is -0.127. The van der Waals surface area contributed by atoms with Crippen LogP contribution in [0.15, 0.2) is 4.99 Å². The molecule has 1 N–H and O–H groups in total. The van der Waals surface area contributed by atoms with E-state index in [-0.39, 0.29) is 36.4 Å². The first-order valence-corrected chi connectivity index (χ1v) is 9.44. The normalized spacial score (nSPS) is 29.1. The molecule has 25 heavy (non-hydrogen) atoms. The van der Waals surface area contributed by atoms with Gasteiger partial charge in [0.05, 0.1) is 6.61 Å². The Kier molecular flexibility index (Phi) is 8.25. The van der Waals surface area contributed by atoms with Crippen molar-refractivity contribution in [1.82, 2.24) is 15.1 Å². The van der Waals surface area contributed by atoms with Crippen LogP contribution in [-0.2, 0) is 9.53 Å². The number of hydrogen-bond acceptors (Lipinski definition) is 3. The summed E-state index contributed by atoms with van der Waals surface area (Å²) in [6.45, 7) is 5.00. The van der Waals surface area contributed by atoms with Gasteiger partial charge >= 0.3 is 0 Å². The highest BCUT2D eigenvalue weighted by molar-refractivity contribution is 14.0. The molecule has 1 aliphatic carbocycles. The van der Waals surface area contributed by atoms with Crippen molar-refractivity contribution >= 4 is 35.8 Å². The minimum Gasteiger partial charge on any atom is -0.381 e. The molecule has 144 valence electrons. The molecule has 0 bridgehead atoms. The Morgan fingerprint density at radius 1 is 1.20 bits per heavy atom. The second-order valence-electron chi connectivity index (χ2n) is 7.75. The zero-order chi connectivity index (χ0) is 16.9. The molecule has 1 saturated carbocycles. The van der Waals surface area contributed by atoms with Crippen LogP contribution in [0.2, 0.25) is 0 Å². The summed E-state index contributed by atoms with van der Waals surface area (Å²) in [4.78, 5) is 20.6. The van der Waals surface area contributed by atoms with Crippen molar-refractivity contribution in [3.63, 3.8) is 0 Å². The molecule has 0 radical (unpaired) electrons. The van der Waals surface area contributed by atoms with Crippen LogP contribution in [-0.4, -0.2) is 75.2 Å². The molecule has 3 unspecified atom stereocenters. The van der Waals surface area contributed by atoms with E-state index in [1.54, 1.807) is 19.0 Å². The van der Waals surface area contributed by atoms with Crippen molar-refractivity contribution in [2.24, 2.45) is 22.7 Å². The Bertz CT molecular complexity index is 452. The summed E-state index contributed by atoms with van der Waals surface area (Å²) in [6, 6.07) is 0. The van der Waals surface area contributed by atoms with Gasteiger partial charge in [-0.2, -0.15) is 0 Å². The van der Waals surface area contributed by atoms with E-state index in [2.05, 4.69) is 15.2 Å². The number of guanidine groups is 1. The topological polar surface area (TPSA) is 57.2 Å². The van der Waals surface area contributed by atoms with Gasteiger partial charge in [-0.05, 0) is 31.1 Å². The number of amides is 1. The summed E-state index contributed by atoms with van der Waals surface area (Å²) in [5, 5.41) is 3.53. The fourth-order valence-corrected chi connectivity index (χ4v) is 4.11. The quantitative estimate of drug-likeness (QED) is 0.392. The monoisotopic (exact) mass is 464 g/mol. The van der Waals surface area contributed by atoms with Crippen molar-refractivity contribution < 1.29 is 9.53 Å². The summed E-state index contributed by atoms with van der Waals surface area (Å²) < 4.78 is 5.47. The van der Waals surface area contributed by atoms with Gasteiger partial charge < -0.3 is 19.9 Å². The SMILES string of the molecule is CN(C)C(=O)CN=C(NCC1CCOC1)N1CC2CCCCC2C1.I. The van der Waals surface area contributed by atoms with Crippen molar-refractivity contribution in [3.05, 3.63) is 0 Å². The molecule has 0 aromatic heterocycles. The van der Waals surface area contributed by atoms with Crippen molar-refractivity contribution in [2.45, 2.75) is 32.1 Å². The predicted molar refractivity (Wildman–Crippen MR) is 110 cm³/mol. The van der Waals surface area contributed by atoms with E-state index in [1.165, 1.54) is 25.7 Å². The van der Waals surface area contributed by atoms with Crippen molar-refractivity contribution in [1.29, 1.82) is 0 Å². The minimum atomic E-state index is 0. The lowest BCUT2D eigenvalue weighted by Gasteiger charge is -2.23. The minimum absolute atomic E-state index is 0. The average molecular weight is 464 g/mol. The molecule has 0 aromatic rings. The Hall–Kier alpha value is -0.570. The van der Waals surface area contributed by atoms with Crippen molar-refractivity contribution in [3.8, 4) is 0 Å². The molecule has 6 nitrogen and oxygen atoms in total. The third-order valence-electron chi connectivity index (χ3n) is 5.71. The molecule has 2 heterocycles. The van der Waals surface area contributed by atoms with E-state index in [4.69, 9.17) is 4.74 Å². The van der Waals surface area contributed by atoms with Gasteiger partial charge in [-0.1, -0.05) is 12.8 Å². The predicted octanol–water partition coefficient (Wildman–Crippen LogP) is 1.80. The molecule has 3 atom stereocenters. The average Bonchev–Trinajstić information content (AvgIpc) is 3.23. The molecular weight excluding hydrogens is 431 g/mol. The molecule has 0 spiro atoms. The summed E-state index contributed by atoms with van der Waals surface area (Å²) >= 11 is 0. The first-order valence-electron chi connectivity index (χ1n) is 9.44. The number of halogens is 1. The summed E-state index contributed by atoms with van der Waals surface area (Å²) in [7, 11) is 3.57. The molecule has 1 amide bonds. The standard InChI is InChI=1S/C18H32N4O2.HI/c1-21(2)17(23)10-20-18(19-9-14-7-8-24-13-14)22-11-15-5-3-4-6-16(15)12-22;/h14-16H,3-13H2,1-2H3,(H,19,20);1H. The van der Waals surface area contributed by atoms with Gasteiger partial charge in [0.2, 0.25) is 5.91 Å². The highest BCUT2D eigenvalue weighted by Crippen LogP contribution is 2.36. The zero-order valence-electron chi connectivity index (χ0n) is 15.6. The van der Waals surface area contributed by atoms with Crippen LogP contribution in [0.3, 0.4) is 0 Å². The van der Waals surface area contributed by atoms with Gasteiger partial charge in [0.15, 0.2) is 5.96 Å². The van der Waals surface area contributed by atoms with E-state index in [0.717, 1.165) is 57.1 Å². The van der Waals surface area contributed by atoms with Crippen LogP contribution < -0.4 is 5.32 Å². The largest absolute Gasteiger partial charge is 0.381 e. The van der Waals surface area contributed by atoms with Gasteiger partial charge in [-0.15, -0.1) is 24.0 Å². The van der Waals surface area contributed by atoms with Gasteiger partial charge in [-0.3, -0.25) is 4.79 Å². The lowest BCUT2D eigenvalue weighted by atomic mass is 9.82. The van der Waals surface area contributed by atoms with Crippen LogP contribution in [0, 0.1) is 17.8 Å². The number of likely N-dealkylation sites (tertiary alicyclic amines) is 1. The van der Waals surface area contributed by atoms with E-state index in [0.29, 0.717) is 5.92 Å². The number of nitrogens with zero attached hydrogens (tertiary/aromatic N) is 3. The number of likely N-dealkylation sites (N-methyl/N-ethyl adjacent to an activating group) is 1. The maximum absolute atomic E-state index is 11.9. The van der Waals surface area contributed by atoms with Crippen molar-refractivity contribution in [2.75, 3.05) is 53.5 Å². The summed E-state index contributed by atoms with van der Waals surface area (Å²) in [5.74, 6) is 3.15. The second-order valence-corrected chi connectivity index (χ2v) is 7.75.